The van der Waals surface area contributed by atoms with E-state index in [1.54, 1.807) is 6.08 Å². The molecular weight excluding hydrogens is 370 g/mol. The van der Waals surface area contributed by atoms with Crippen LogP contribution in [0.4, 0.5) is 0 Å². The van der Waals surface area contributed by atoms with E-state index in [-0.39, 0.29) is 11.8 Å². The summed E-state index contributed by atoms with van der Waals surface area (Å²) in [4.78, 5) is 23.8. The van der Waals surface area contributed by atoms with Crippen LogP contribution >= 0.6 is 0 Å². The van der Waals surface area contributed by atoms with Gasteiger partial charge in [-0.1, -0.05) is 108 Å². The Morgan fingerprint density at radius 3 is 1.60 bits per heavy atom. The highest BCUT2D eigenvalue weighted by Crippen LogP contribution is 2.13. The molecule has 0 unspecified atom stereocenters. The van der Waals surface area contributed by atoms with Crippen LogP contribution < -0.4 is 5.32 Å². The molecule has 0 aromatic heterocycles. The van der Waals surface area contributed by atoms with E-state index in [2.05, 4.69) is 32.2 Å². The van der Waals surface area contributed by atoms with Gasteiger partial charge in [0, 0.05) is 12.5 Å². The zero-order chi connectivity index (χ0) is 22.5. The molecule has 0 radical (unpaired) electrons. The molecule has 0 aliphatic heterocycles. The van der Waals surface area contributed by atoms with Gasteiger partial charge in [0.05, 0.1) is 0 Å². The van der Waals surface area contributed by atoms with Gasteiger partial charge >= 0.3 is 0 Å². The van der Waals surface area contributed by atoms with Gasteiger partial charge in [-0.2, -0.15) is 0 Å². The van der Waals surface area contributed by atoms with Gasteiger partial charge in [-0.3, -0.25) is 14.9 Å². The van der Waals surface area contributed by atoms with Crippen LogP contribution in [0, 0.1) is 0 Å². The average Bonchev–Trinajstić information content (AvgIpc) is 2.67. The van der Waals surface area contributed by atoms with Crippen LogP contribution in [-0.4, -0.2) is 11.8 Å². The number of hydrogen-bond acceptors (Lipinski definition) is 2. The monoisotopic (exact) mass is 419 g/mol. The molecule has 1 N–H and O–H groups in total. The Labute approximate surface area is 187 Å². The lowest BCUT2D eigenvalue weighted by Gasteiger charge is -2.04. The van der Waals surface area contributed by atoms with E-state index in [9.17, 15) is 9.59 Å². The first-order chi connectivity index (χ1) is 14.5. The zero-order valence-corrected chi connectivity index (χ0v) is 20.5. The summed E-state index contributed by atoms with van der Waals surface area (Å²) in [5.41, 5.74) is 2.30. The van der Waals surface area contributed by atoms with Crippen LogP contribution in [0.25, 0.3) is 0 Å². The smallest absolute Gasteiger partial charge is 0.250 e. The second-order valence-electron chi connectivity index (χ2n) is 9.07. The average molecular weight is 420 g/mol. The Kier molecular flexibility index (Phi) is 19.9. The molecule has 2 amide bonds. The van der Waals surface area contributed by atoms with Crippen LogP contribution in [0.3, 0.4) is 0 Å². The summed E-state index contributed by atoms with van der Waals surface area (Å²) in [5.74, 6) is -0.424. The highest BCUT2D eigenvalue weighted by atomic mass is 16.2. The lowest BCUT2D eigenvalue weighted by Crippen LogP contribution is -2.28. The number of amides is 2. The molecule has 0 spiro atoms. The molecular formula is C27H49NO2. The van der Waals surface area contributed by atoms with Crippen LogP contribution in [0.2, 0.25) is 0 Å². The first-order valence-corrected chi connectivity index (χ1v) is 12.6. The van der Waals surface area contributed by atoms with E-state index in [4.69, 9.17) is 0 Å². The van der Waals surface area contributed by atoms with Crippen molar-refractivity contribution in [3.8, 4) is 0 Å². The molecule has 0 saturated heterocycles. The molecule has 3 heteroatoms. The molecule has 0 fully saturated rings. The molecule has 0 aliphatic rings. The number of carbonyl (C=O) groups excluding carboxylic acids is 2. The molecule has 0 bridgehead atoms. The zero-order valence-electron chi connectivity index (χ0n) is 20.5. The SMILES string of the molecule is CCCCCCCCCCCCCCCCC(=O)NC(=O)/C=C(/C)CCC=C(C)C. The van der Waals surface area contributed by atoms with Gasteiger partial charge in [0.25, 0.3) is 0 Å². The minimum atomic E-state index is -0.278. The highest BCUT2D eigenvalue weighted by Gasteiger charge is 2.05. The van der Waals surface area contributed by atoms with Gasteiger partial charge in [-0.15, -0.1) is 0 Å². The molecule has 3 nitrogen and oxygen atoms in total. The minimum absolute atomic E-state index is 0.146. The lowest BCUT2D eigenvalue weighted by molar-refractivity contribution is -0.128. The molecule has 0 saturated carbocycles. The Balaban J connectivity index is 3.52. The maximum Gasteiger partial charge on any atom is 0.250 e. The minimum Gasteiger partial charge on any atom is -0.293 e. The topological polar surface area (TPSA) is 46.2 Å². The Bertz CT molecular complexity index is 501. The van der Waals surface area contributed by atoms with Crippen molar-refractivity contribution in [1.82, 2.24) is 5.32 Å². The molecule has 0 atom stereocenters. The largest absolute Gasteiger partial charge is 0.293 e. The summed E-state index contributed by atoms with van der Waals surface area (Å²) in [5, 5.41) is 2.49. The van der Waals surface area contributed by atoms with Gasteiger partial charge in [-0.25, -0.2) is 0 Å². The van der Waals surface area contributed by atoms with Crippen molar-refractivity contribution in [1.29, 1.82) is 0 Å². The fourth-order valence-electron chi connectivity index (χ4n) is 3.60. The number of rotatable bonds is 19. The normalized spacial score (nSPS) is 11.4. The van der Waals surface area contributed by atoms with Crippen molar-refractivity contribution in [2.45, 2.75) is 137 Å². The summed E-state index contributed by atoms with van der Waals surface area (Å²) in [6.07, 6.45) is 24.2. The molecule has 0 aromatic carbocycles. The van der Waals surface area contributed by atoms with E-state index in [0.29, 0.717) is 6.42 Å². The number of imide groups is 1. The van der Waals surface area contributed by atoms with E-state index in [1.165, 1.54) is 82.6 Å². The number of carbonyl (C=O) groups is 2. The van der Waals surface area contributed by atoms with Crippen LogP contribution in [0.15, 0.2) is 23.3 Å². The maximum absolute atomic E-state index is 11.9. The predicted octanol–water partition coefficient (Wildman–Crippen LogP) is 8.19. The standard InChI is InChI=1S/C27H49NO2/c1-5-6-7-8-9-10-11-12-13-14-15-16-17-18-22-26(29)28-27(30)23-25(4)21-19-20-24(2)3/h20,23H,5-19,21-22H2,1-4H3,(H,28,29,30)/b25-23-. The summed E-state index contributed by atoms with van der Waals surface area (Å²) in [6, 6.07) is 0. The quantitative estimate of drug-likeness (QED) is 0.130. The number of unbranched alkanes of at least 4 members (excludes halogenated alkanes) is 13. The summed E-state index contributed by atoms with van der Waals surface area (Å²) < 4.78 is 0. The van der Waals surface area contributed by atoms with Crippen molar-refractivity contribution in [2.24, 2.45) is 0 Å². The van der Waals surface area contributed by atoms with E-state index in [0.717, 1.165) is 31.3 Å². The molecule has 0 rings (SSSR count). The third kappa shape index (κ3) is 21.3. The van der Waals surface area contributed by atoms with Gasteiger partial charge < -0.3 is 0 Å². The maximum atomic E-state index is 11.9. The Morgan fingerprint density at radius 1 is 0.667 bits per heavy atom. The fraction of sp³-hybridized carbons (Fsp3) is 0.778. The van der Waals surface area contributed by atoms with Crippen LogP contribution in [0.5, 0.6) is 0 Å². The van der Waals surface area contributed by atoms with Gasteiger partial charge in [0.1, 0.15) is 0 Å². The van der Waals surface area contributed by atoms with Crippen molar-refractivity contribution >= 4 is 11.8 Å². The fourth-order valence-corrected chi connectivity index (χ4v) is 3.60. The summed E-state index contributed by atoms with van der Waals surface area (Å²) in [6.45, 7) is 8.35. The number of hydrogen-bond donors (Lipinski definition) is 1. The highest BCUT2D eigenvalue weighted by molar-refractivity contribution is 6.01. The van der Waals surface area contributed by atoms with Crippen molar-refractivity contribution < 1.29 is 9.59 Å². The first kappa shape index (κ1) is 28.6. The molecule has 0 heterocycles. The molecule has 0 aliphatic carbocycles. The van der Waals surface area contributed by atoms with Crippen molar-refractivity contribution in [3.63, 3.8) is 0 Å². The number of nitrogens with one attached hydrogen (secondary N) is 1. The summed E-state index contributed by atoms with van der Waals surface area (Å²) in [7, 11) is 0. The molecule has 0 aromatic rings. The second-order valence-corrected chi connectivity index (χ2v) is 9.07. The third-order valence-corrected chi connectivity index (χ3v) is 5.49. The lowest BCUT2D eigenvalue weighted by atomic mass is 10.0. The van der Waals surface area contributed by atoms with Crippen molar-refractivity contribution in [3.05, 3.63) is 23.3 Å². The van der Waals surface area contributed by atoms with Gasteiger partial charge in [0.2, 0.25) is 11.8 Å². The number of allylic oxidation sites excluding steroid dienone is 3. The van der Waals surface area contributed by atoms with E-state index in [1.807, 2.05) is 6.92 Å². The first-order valence-electron chi connectivity index (χ1n) is 12.6. The Hall–Kier alpha value is -1.38. The van der Waals surface area contributed by atoms with Gasteiger partial charge in [-0.05, 0) is 40.0 Å². The Morgan fingerprint density at radius 2 is 1.13 bits per heavy atom. The third-order valence-electron chi connectivity index (χ3n) is 5.49. The second kappa shape index (κ2) is 20.9. The van der Waals surface area contributed by atoms with Crippen LogP contribution in [-0.2, 0) is 9.59 Å². The van der Waals surface area contributed by atoms with Crippen LogP contribution in [0.1, 0.15) is 137 Å². The van der Waals surface area contributed by atoms with E-state index >= 15 is 0 Å². The predicted molar refractivity (Wildman–Crippen MR) is 131 cm³/mol. The molecule has 30 heavy (non-hydrogen) atoms. The summed E-state index contributed by atoms with van der Waals surface area (Å²) >= 11 is 0. The molecule has 174 valence electrons. The van der Waals surface area contributed by atoms with Crippen molar-refractivity contribution in [2.75, 3.05) is 0 Å². The van der Waals surface area contributed by atoms with Gasteiger partial charge in [0.15, 0.2) is 0 Å². The van der Waals surface area contributed by atoms with E-state index < -0.39 is 0 Å².